The average Bonchev–Trinajstić information content (AvgIpc) is 2.42. The van der Waals surface area contributed by atoms with E-state index in [0.29, 0.717) is 19.6 Å². The van der Waals surface area contributed by atoms with Crippen molar-refractivity contribution in [1.82, 2.24) is 10.2 Å². The van der Waals surface area contributed by atoms with Gasteiger partial charge in [-0.15, -0.1) is 0 Å². The number of hydrogen-bond acceptors (Lipinski definition) is 3. The SMILES string of the molecule is CCN(CC(C)(C)O)C(=O)C1CNCc2ccccc21. The highest BCUT2D eigenvalue weighted by Crippen LogP contribution is 2.26. The van der Waals surface area contributed by atoms with Crippen LogP contribution in [0.3, 0.4) is 0 Å². The van der Waals surface area contributed by atoms with E-state index in [-0.39, 0.29) is 11.8 Å². The van der Waals surface area contributed by atoms with Crippen LogP contribution >= 0.6 is 0 Å². The number of nitrogens with one attached hydrogen (secondary N) is 1. The van der Waals surface area contributed by atoms with Crippen molar-refractivity contribution in [2.45, 2.75) is 38.8 Å². The first kappa shape index (κ1) is 15.0. The fourth-order valence-electron chi connectivity index (χ4n) is 2.75. The molecule has 1 atom stereocenters. The van der Waals surface area contributed by atoms with Crippen LogP contribution in [0.5, 0.6) is 0 Å². The van der Waals surface area contributed by atoms with Crippen LogP contribution in [0.15, 0.2) is 24.3 Å². The molecule has 1 aliphatic heterocycles. The third-order valence-corrected chi connectivity index (χ3v) is 3.66. The maximum atomic E-state index is 12.7. The summed E-state index contributed by atoms with van der Waals surface area (Å²) in [5, 5.41) is 13.3. The van der Waals surface area contributed by atoms with Gasteiger partial charge in [-0.25, -0.2) is 0 Å². The fraction of sp³-hybridized carbons (Fsp3) is 0.562. The highest BCUT2D eigenvalue weighted by atomic mass is 16.3. The number of hydrogen-bond donors (Lipinski definition) is 2. The molecule has 1 aromatic carbocycles. The van der Waals surface area contributed by atoms with Gasteiger partial charge in [0, 0.05) is 26.2 Å². The average molecular weight is 276 g/mol. The Morgan fingerprint density at radius 2 is 2.15 bits per heavy atom. The van der Waals surface area contributed by atoms with Gasteiger partial charge in [0.15, 0.2) is 0 Å². The van der Waals surface area contributed by atoms with E-state index in [1.165, 1.54) is 5.56 Å². The summed E-state index contributed by atoms with van der Waals surface area (Å²) in [6.07, 6.45) is 0. The summed E-state index contributed by atoms with van der Waals surface area (Å²) in [5.41, 5.74) is 1.44. The zero-order valence-electron chi connectivity index (χ0n) is 12.5. The smallest absolute Gasteiger partial charge is 0.231 e. The van der Waals surface area contributed by atoms with Crippen LogP contribution < -0.4 is 5.32 Å². The van der Waals surface area contributed by atoms with Crippen molar-refractivity contribution < 1.29 is 9.90 Å². The van der Waals surface area contributed by atoms with Crippen LogP contribution in [0.4, 0.5) is 0 Å². The number of benzene rings is 1. The molecule has 4 heteroatoms. The minimum atomic E-state index is -0.868. The van der Waals surface area contributed by atoms with Crippen LogP contribution in [0.1, 0.15) is 37.8 Å². The number of carbonyl (C=O) groups excluding carboxylic acids is 1. The summed E-state index contributed by atoms with van der Waals surface area (Å²) >= 11 is 0. The number of aliphatic hydroxyl groups is 1. The largest absolute Gasteiger partial charge is 0.389 e. The molecule has 0 spiro atoms. The van der Waals surface area contributed by atoms with Crippen LogP contribution in [-0.2, 0) is 11.3 Å². The van der Waals surface area contributed by atoms with Crippen molar-refractivity contribution in [3.8, 4) is 0 Å². The summed E-state index contributed by atoms with van der Waals surface area (Å²) in [5.74, 6) is -0.0588. The molecule has 0 radical (unpaired) electrons. The van der Waals surface area contributed by atoms with Crippen LogP contribution in [0, 0.1) is 0 Å². The van der Waals surface area contributed by atoms with Crippen molar-refractivity contribution in [1.29, 1.82) is 0 Å². The van der Waals surface area contributed by atoms with E-state index in [2.05, 4.69) is 11.4 Å². The lowest BCUT2D eigenvalue weighted by Gasteiger charge is -2.33. The Balaban J connectivity index is 2.21. The quantitative estimate of drug-likeness (QED) is 0.876. The van der Waals surface area contributed by atoms with Crippen LogP contribution in [0.2, 0.25) is 0 Å². The maximum absolute atomic E-state index is 12.7. The highest BCUT2D eigenvalue weighted by molar-refractivity contribution is 5.84. The highest BCUT2D eigenvalue weighted by Gasteiger charge is 2.31. The van der Waals surface area contributed by atoms with Crippen molar-refractivity contribution in [3.63, 3.8) is 0 Å². The van der Waals surface area contributed by atoms with Gasteiger partial charge in [-0.05, 0) is 31.9 Å². The van der Waals surface area contributed by atoms with E-state index < -0.39 is 5.60 Å². The van der Waals surface area contributed by atoms with Crippen molar-refractivity contribution in [2.75, 3.05) is 19.6 Å². The number of likely N-dealkylation sites (N-methyl/N-ethyl adjacent to an activating group) is 1. The second-order valence-corrected chi connectivity index (χ2v) is 6.05. The first-order chi connectivity index (χ1) is 9.42. The van der Waals surface area contributed by atoms with Gasteiger partial charge in [0.1, 0.15) is 0 Å². The topological polar surface area (TPSA) is 52.6 Å². The molecule has 1 amide bonds. The molecule has 0 aromatic heterocycles. The Morgan fingerprint density at radius 3 is 2.80 bits per heavy atom. The Bertz CT molecular complexity index is 480. The van der Waals surface area contributed by atoms with Gasteiger partial charge in [-0.1, -0.05) is 24.3 Å². The monoisotopic (exact) mass is 276 g/mol. The van der Waals surface area contributed by atoms with Crippen molar-refractivity contribution in [3.05, 3.63) is 35.4 Å². The lowest BCUT2D eigenvalue weighted by Crippen LogP contribution is -2.46. The zero-order valence-corrected chi connectivity index (χ0v) is 12.5. The van der Waals surface area contributed by atoms with Gasteiger partial charge in [-0.2, -0.15) is 0 Å². The first-order valence-electron chi connectivity index (χ1n) is 7.22. The molecule has 4 nitrogen and oxygen atoms in total. The normalized spacial score (nSPS) is 18.5. The molecule has 20 heavy (non-hydrogen) atoms. The molecule has 1 aromatic rings. The summed E-state index contributed by atoms with van der Waals surface area (Å²) in [6, 6.07) is 8.09. The third kappa shape index (κ3) is 3.38. The van der Waals surface area contributed by atoms with Gasteiger partial charge < -0.3 is 15.3 Å². The number of nitrogens with zero attached hydrogens (tertiary/aromatic N) is 1. The molecule has 1 unspecified atom stereocenters. The minimum absolute atomic E-state index is 0.0919. The van der Waals surface area contributed by atoms with E-state index in [4.69, 9.17) is 0 Å². The molecular weight excluding hydrogens is 252 g/mol. The molecule has 0 bridgehead atoms. The molecule has 1 aliphatic rings. The predicted octanol–water partition coefficient (Wildman–Crippen LogP) is 1.49. The number of rotatable bonds is 4. The van der Waals surface area contributed by atoms with E-state index in [1.54, 1.807) is 18.7 Å². The lowest BCUT2D eigenvalue weighted by molar-refractivity contribution is -0.135. The molecular formula is C16H24N2O2. The van der Waals surface area contributed by atoms with Gasteiger partial charge in [0.05, 0.1) is 11.5 Å². The Kier molecular flexibility index (Phi) is 4.45. The predicted molar refractivity (Wildman–Crippen MR) is 79.4 cm³/mol. The van der Waals surface area contributed by atoms with Crippen molar-refractivity contribution >= 4 is 5.91 Å². The molecule has 2 N–H and O–H groups in total. The van der Waals surface area contributed by atoms with E-state index in [9.17, 15) is 9.90 Å². The summed E-state index contributed by atoms with van der Waals surface area (Å²) in [6.45, 7) is 7.87. The van der Waals surface area contributed by atoms with E-state index in [0.717, 1.165) is 12.1 Å². The van der Waals surface area contributed by atoms with Crippen LogP contribution in [-0.4, -0.2) is 41.1 Å². The third-order valence-electron chi connectivity index (χ3n) is 3.66. The fourth-order valence-corrected chi connectivity index (χ4v) is 2.75. The zero-order chi connectivity index (χ0) is 14.8. The molecule has 0 saturated carbocycles. The summed E-state index contributed by atoms with van der Waals surface area (Å²) in [7, 11) is 0. The Morgan fingerprint density at radius 1 is 1.45 bits per heavy atom. The molecule has 2 rings (SSSR count). The van der Waals surface area contributed by atoms with E-state index in [1.807, 2.05) is 25.1 Å². The molecule has 0 fully saturated rings. The minimum Gasteiger partial charge on any atom is -0.389 e. The molecule has 0 saturated heterocycles. The summed E-state index contributed by atoms with van der Waals surface area (Å²) < 4.78 is 0. The molecule has 1 heterocycles. The van der Waals surface area contributed by atoms with Gasteiger partial charge in [-0.3, -0.25) is 4.79 Å². The van der Waals surface area contributed by atoms with Gasteiger partial charge in [0.2, 0.25) is 5.91 Å². The Hall–Kier alpha value is -1.39. The number of fused-ring (bicyclic) bond motifs is 1. The molecule has 0 aliphatic carbocycles. The second-order valence-electron chi connectivity index (χ2n) is 6.05. The van der Waals surface area contributed by atoms with E-state index >= 15 is 0 Å². The lowest BCUT2D eigenvalue weighted by atomic mass is 9.89. The number of carbonyl (C=O) groups is 1. The first-order valence-corrected chi connectivity index (χ1v) is 7.22. The second kappa shape index (κ2) is 5.94. The van der Waals surface area contributed by atoms with Gasteiger partial charge >= 0.3 is 0 Å². The standard InChI is InChI=1S/C16H24N2O2/c1-4-18(11-16(2,3)20)15(19)14-10-17-9-12-7-5-6-8-13(12)14/h5-8,14,17,20H,4,9-11H2,1-3H3. The van der Waals surface area contributed by atoms with Gasteiger partial charge in [0.25, 0.3) is 0 Å². The van der Waals surface area contributed by atoms with Crippen LogP contribution in [0.25, 0.3) is 0 Å². The van der Waals surface area contributed by atoms with Crippen molar-refractivity contribution in [2.24, 2.45) is 0 Å². The maximum Gasteiger partial charge on any atom is 0.231 e. The Labute approximate surface area is 120 Å². The number of amides is 1. The summed E-state index contributed by atoms with van der Waals surface area (Å²) in [4.78, 5) is 14.5. The molecule has 110 valence electrons.